The van der Waals surface area contributed by atoms with Crippen molar-refractivity contribution in [3.8, 4) is 0 Å². The first-order valence-electron chi connectivity index (χ1n) is 10.4. The Kier molecular flexibility index (Phi) is 7.65. The van der Waals surface area contributed by atoms with Crippen LogP contribution in [-0.4, -0.2) is 28.9 Å². The normalized spacial score (nSPS) is 12.6. The van der Waals surface area contributed by atoms with Gasteiger partial charge in [0.25, 0.3) is 5.91 Å². The number of aliphatic imine (C=N–C) groups is 1. The van der Waals surface area contributed by atoms with E-state index < -0.39 is 0 Å². The molecule has 0 atom stereocenters. The molecule has 0 aliphatic heterocycles. The molecule has 0 bridgehead atoms. The molecule has 0 saturated heterocycles. The van der Waals surface area contributed by atoms with Crippen molar-refractivity contribution in [1.82, 2.24) is 20.9 Å². The second-order valence-electron chi connectivity index (χ2n) is 9.32. The molecule has 1 heterocycles. The van der Waals surface area contributed by atoms with Gasteiger partial charge < -0.3 is 20.4 Å². The Bertz CT molecular complexity index is 872. The fourth-order valence-corrected chi connectivity index (χ4v) is 2.63. The SMILES string of the molecule is CCNC(=NCc1cccc(C(=O)NC(C)(C)C)c1)NCc1ncc(C(C)(C)C)o1. The minimum absolute atomic E-state index is 0.0753. The number of amides is 1. The van der Waals surface area contributed by atoms with E-state index in [-0.39, 0.29) is 16.9 Å². The van der Waals surface area contributed by atoms with Crippen molar-refractivity contribution in [2.24, 2.45) is 4.99 Å². The zero-order valence-corrected chi connectivity index (χ0v) is 19.2. The molecular weight excluding hydrogens is 378 g/mol. The van der Waals surface area contributed by atoms with Crippen LogP contribution in [0, 0.1) is 0 Å². The first kappa shape index (κ1) is 23.4. The number of hydrogen-bond donors (Lipinski definition) is 3. The van der Waals surface area contributed by atoms with Crippen LogP contribution in [-0.2, 0) is 18.5 Å². The maximum Gasteiger partial charge on any atom is 0.251 e. The van der Waals surface area contributed by atoms with E-state index in [0.717, 1.165) is 17.9 Å². The third-order valence-electron chi connectivity index (χ3n) is 4.14. The number of rotatable bonds is 6. The number of carbonyl (C=O) groups is 1. The molecule has 1 aromatic heterocycles. The first-order chi connectivity index (χ1) is 14.0. The summed E-state index contributed by atoms with van der Waals surface area (Å²) in [5.74, 6) is 2.05. The lowest BCUT2D eigenvalue weighted by Gasteiger charge is -2.20. The van der Waals surface area contributed by atoms with Crippen LogP contribution in [0.5, 0.6) is 0 Å². The van der Waals surface area contributed by atoms with Gasteiger partial charge >= 0.3 is 0 Å². The first-order valence-corrected chi connectivity index (χ1v) is 10.4. The lowest BCUT2D eigenvalue weighted by atomic mass is 9.94. The van der Waals surface area contributed by atoms with Crippen molar-refractivity contribution in [1.29, 1.82) is 0 Å². The molecule has 0 radical (unpaired) electrons. The van der Waals surface area contributed by atoms with Crippen LogP contribution in [0.15, 0.2) is 39.9 Å². The van der Waals surface area contributed by atoms with Crippen molar-refractivity contribution in [2.75, 3.05) is 6.54 Å². The Hall–Kier alpha value is -2.83. The summed E-state index contributed by atoms with van der Waals surface area (Å²) in [6, 6.07) is 7.53. The fraction of sp³-hybridized carbons (Fsp3) is 0.522. The van der Waals surface area contributed by atoms with Crippen LogP contribution in [0.1, 0.15) is 76.0 Å². The van der Waals surface area contributed by atoms with E-state index in [9.17, 15) is 4.79 Å². The number of aromatic nitrogens is 1. The molecule has 30 heavy (non-hydrogen) atoms. The van der Waals surface area contributed by atoms with Gasteiger partial charge in [-0.1, -0.05) is 32.9 Å². The monoisotopic (exact) mass is 413 g/mol. The van der Waals surface area contributed by atoms with Crippen molar-refractivity contribution in [3.05, 3.63) is 53.2 Å². The summed E-state index contributed by atoms with van der Waals surface area (Å²) in [5, 5.41) is 9.44. The van der Waals surface area contributed by atoms with Gasteiger partial charge in [0, 0.05) is 23.1 Å². The predicted molar refractivity (Wildman–Crippen MR) is 121 cm³/mol. The molecule has 2 aromatic rings. The van der Waals surface area contributed by atoms with E-state index in [1.165, 1.54) is 0 Å². The number of carbonyl (C=O) groups excluding carboxylic acids is 1. The Labute approximate surface area is 179 Å². The Morgan fingerprint density at radius 2 is 1.87 bits per heavy atom. The summed E-state index contributed by atoms with van der Waals surface area (Å²) in [6.45, 7) is 15.8. The van der Waals surface area contributed by atoms with Gasteiger partial charge in [-0.3, -0.25) is 4.79 Å². The lowest BCUT2D eigenvalue weighted by molar-refractivity contribution is 0.0919. The molecule has 0 unspecified atom stereocenters. The maximum absolute atomic E-state index is 12.4. The maximum atomic E-state index is 12.4. The van der Waals surface area contributed by atoms with Gasteiger partial charge in [0.05, 0.1) is 19.3 Å². The van der Waals surface area contributed by atoms with Crippen molar-refractivity contribution < 1.29 is 9.21 Å². The molecule has 0 spiro atoms. The van der Waals surface area contributed by atoms with Crippen LogP contribution in [0.4, 0.5) is 0 Å². The fourth-order valence-electron chi connectivity index (χ4n) is 2.63. The van der Waals surface area contributed by atoms with E-state index in [2.05, 4.69) is 46.7 Å². The standard InChI is InChI=1S/C23H35N5O2/c1-8-24-21(27-15-19-25-14-18(30-19)22(2,3)4)26-13-16-10-9-11-17(12-16)20(29)28-23(5,6)7/h9-12,14H,8,13,15H2,1-7H3,(H,28,29)(H2,24,26,27). The molecule has 2 rings (SSSR count). The van der Waals surface area contributed by atoms with E-state index in [0.29, 0.717) is 30.5 Å². The molecule has 0 saturated carbocycles. The van der Waals surface area contributed by atoms with Crippen LogP contribution in [0.2, 0.25) is 0 Å². The van der Waals surface area contributed by atoms with Crippen molar-refractivity contribution in [3.63, 3.8) is 0 Å². The van der Waals surface area contributed by atoms with E-state index in [1.54, 1.807) is 6.20 Å². The second kappa shape index (κ2) is 9.78. The van der Waals surface area contributed by atoms with Gasteiger partial charge in [0.1, 0.15) is 5.76 Å². The van der Waals surface area contributed by atoms with E-state index >= 15 is 0 Å². The topological polar surface area (TPSA) is 91.5 Å². The summed E-state index contributed by atoms with van der Waals surface area (Å²) in [6.07, 6.45) is 1.77. The largest absolute Gasteiger partial charge is 0.443 e. The van der Waals surface area contributed by atoms with Gasteiger partial charge in [-0.25, -0.2) is 9.98 Å². The van der Waals surface area contributed by atoms with Crippen LogP contribution in [0.25, 0.3) is 0 Å². The summed E-state index contributed by atoms with van der Waals surface area (Å²) < 4.78 is 5.82. The molecular formula is C23H35N5O2. The molecule has 1 amide bonds. The molecule has 0 aliphatic rings. The molecule has 164 valence electrons. The van der Waals surface area contributed by atoms with Gasteiger partial charge in [-0.2, -0.15) is 0 Å². The van der Waals surface area contributed by atoms with Crippen molar-refractivity contribution in [2.45, 2.75) is 72.5 Å². The smallest absolute Gasteiger partial charge is 0.251 e. The summed E-state index contributed by atoms with van der Waals surface area (Å²) in [4.78, 5) is 21.4. The molecule has 7 heteroatoms. The highest BCUT2D eigenvalue weighted by atomic mass is 16.4. The number of hydrogen-bond acceptors (Lipinski definition) is 4. The minimum atomic E-state index is -0.278. The second-order valence-corrected chi connectivity index (χ2v) is 9.32. The van der Waals surface area contributed by atoms with Gasteiger partial charge in [0.2, 0.25) is 5.89 Å². The molecule has 0 fully saturated rings. The van der Waals surface area contributed by atoms with Crippen LogP contribution < -0.4 is 16.0 Å². The number of oxazole rings is 1. The number of nitrogens with one attached hydrogen (secondary N) is 3. The number of benzene rings is 1. The highest BCUT2D eigenvalue weighted by Crippen LogP contribution is 2.22. The Balaban J connectivity index is 2.03. The highest BCUT2D eigenvalue weighted by molar-refractivity contribution is 5.94. The average Bonchev–Trinajstić information content (AvgIpc) is 3.12. The van der Waals surface area contributed by atoms with E-state index in [4.69, 9.17) is 4.42 Å². The predicted octanol–water partition coefficient (Wildman–Crippen LogP) is 3.76. The molecule has 0 aliphatic carbocycles. The number of guanidine groups is 1. The van der Waals surface area contributed by atoms with Gasteiger partial charge in [-0.05, 0) is 45.4 Å². The van der Waals surface area contributed by atoms with Crippen molar-refractivity contribution >= 4 is 11.9 Å². The Morgan fingerprint density at radius 1 is 1.13 bits per heavy atom. The highest BCUT2D eigenvalue weighted by Gasteiger charge is 2.19. The average molecular weight is 414 g/mol. The Morgan fingerprint density at radius 3 is 2.47 bits per heavy atom. The minimum Gasteiger partial charge on any atom is -0.443 e. The summed E-state index contributed by atoms with van der Waals surface area (Å²) >= 11 is 0. The summed E-state index contributed by atoms with van der Waals surface area (Å²) in [7, 11) is 0. The van der Waals surface area contributed by atoms with Gasteiger partial charge in [-0.15, -0.1) is 0 Å². The zero-order valence-electron chi connectivity index (χ0n) is 19.2. The van der Waals surface area contributed by atoms with Crippen LogP contribution in [0.3, 0.4) is 0 Å². The van der Waals surface area contributed by atoms with Gasteiger partial charge in [0.15, 0.2) is 5.96 Å². The molecule has 7 nitrogen and oxygen atoms in total. The third-order valence-corrected chi connectivity index (χ3v) is 4.14. The summed E-state index contributed by atoms with van der Waals surface area (Å²) in [5.41, 5.74) is 1.24. The van der Waals surface area contributed by atoms with E-state index in [1.807, 2.05) is 52.0 Å². The molecule has 1 aromatic carbocycles. The zero-order chi connectivity index (χ0) is 22.4. The molecule has 3 N–H and O–H groups in total. The number of nitrogens with zero attached hydrogens (tertiary/aromatic N) is 2. The third kappa shape index (κ3) is 7.54. The quantitative estimate of drug-likeness (QED) is 0.495. The van der Waals surface area contributed by atoms with Crippen LogP contribution >= 0.6 is 0 Å². The lowest BCUT2D eigenvalue weighted by Crippen LogP contribution is -2.40.